The van der Waals surface area contributed by atoms with Crippen LogP contribution < -0.4 is 0 Å². The van der Waals surface area contributed by atoms with Gasteiger partial charge in [0.15, 0.2) is 0 Å². The summed E-state index contributed by atoms with van der Waals surface area (Å²) in [5.41, 5.74) is -0.486. The number of amides is 2. The fourth-order valence-electron chi connectivity index (χ4n) is 1.67. The van der Waals surface area contributed by atoms with Gasteiger partial charge in [0.1, 0.15) is 5.60 Å². The average Bonchev–Trinajstić information content (AvgIpc) is 2.17. The van der Waals surface area contributed by atoms with Gasteiger partial charge in [-0.2, -0.15) is 0 Å². The molecule has 1 aliphatic rings. The van der Waals surface area contributed by atoms with Crippen LogP contribution in [0.2, 0.25) is 0 Å². The molecule has 98 valence electrons. The van der Waals surface area contributed by atoms with Gasteiger partial charge in [-0.1, -0.05) is 0 Å². The highest BCUT2D eigenvalue weighted by Crippen LogP contribution is 2.12. The van der Waals surface area contributed by atoms with Crippen molar-refractivity contribution in [1.29, 1.82) is 0 Å². The zero-order valence-corrected chi connectivity index (χ0v) is 11.2. The minimum atomic E-state index is -0.486. The molecule has 2 amide bonds. The summed E-state index contributed by atoms with van der Waals surface area (Å²) in [7, 11) is 1.80. The summed E-state index contributed by atoms with van der Waals surface area (Å²) in [6.45, 7) is 7.30. The summed E-state index contributed by atoms with van der Waals surface area (Å²) in [4.78, 5) is 26.7. The maximum absolute atomic E-state index is 11.8. The van der Waals surface area contributed by atoms with E-state index in [0.717, 1.165) is 6.42 Å². The number of nitrogens with zero attached hydrogens (tertiary/aromatic N) is 2. The van der Waals surface area contributed by atoms with Crippen molar-refractivity contribution >= 4 is 12.0 Å². The van der Waals surface area contributed by atoms with Crippen molar-refractivity contribution in [2.24, 2.45) is 0 Å². The highest BCUT2D eigenvalue weighted by molar-refractivity contribution is 5.77. The van der Waals surface area contributed by atoms with E-state index in [-0.39, 0.29) is 12.0 Å². The van der Waals surface area contributed by atoms with Crippen LogP contribution in [-0.4, -0.2) is 54.1 Å². The second kappa shape index (κ2) is 5.38. The minimum Gasteiger partial charge on any atom is -0.444 e. The molecule has 0 spiro atoms. The van der Waals surface area contributed by atoms with Crippen LogP contribution in [0.3, 0.4) is 0 Å². The van der Waals surface area contributed by atoms with Crippen LogP contribution in [0, 0.1) is 0 Å². The Bertz CT molecular complexity index is 297. The van der Waals surface area contributed by atoms with Gasteiger partial charge in [0.2, 0.25) is 5.91 Å². The van der Waals surface area contributed by atoms with Crippen LogP contribution in [0.4, 0.5) is 4.79 Å². The Morgan fingerprint density at radius 2 is 1.88 bits per heavy atom. The van der Waals surface area contributed by atoms with Gasteiger partial charge in [0.25, 0.3) is 0 Å². The summed E-state index contributed by atoms with van der Waals surface area (Å²) in [6.07, 6.45) is 0.840. The zero-order chi connectivity index (χ0) is 13.1. The predicted octanol–water partition coefficient (Wildman–Crippen LogP) is 1.48. The van der Waals surface area contributed by atoms with Gasteiger partial charge in [-0.25, -0.2) is 4.79 Å². The molecule has 0 aromatic rings. The van der Waals surface area contributed by atoms with Crippen LogP contribution in [0.15, 0.2) is 0 Å². The molecule has 1 heterocycles. The Morgan fingerprint density at radius 3 is 2.47 bits per heavy atom. The van der Waals surface area contributed by atoms with E-state index in [2.05, 4.69) is 0 Å². The Hall–Kier alpha value is -1.26. The molecule has 5 nitrogen and oxygen atoms in total. The van der Waals surface area contributed by atoms with Gasteiger partial charge < -0.3 is 14.5 Å². The fourth-order valence-corrected chi connectivity index (χ4v) is 1.67. The number of ether oxygens (including phenoxy) is 1. The van der Waals surface area contributed by atoms with Gasteiger partial charge in [0.05, 0.1) is 0 Å². The molecule has 17 heavy (non-hydrogen) atoms. The third-order valence-corrected chi connectivity index (χ3v) is 2.59. The topological polar surface area (TPSA) is 49.9 Å². The van der Waals surface area contributed by atoms with Crippen molar-refractivity contribution in [3.05, 3.63) is 0 Å². The van der Waals surface area contributed by atoms with Gasteiger partial charge in [-0.15, -0.1) is 0 Å². The average molecular weight is 242 g/mol. The lowest BCUT2D eigenvalue weighted by Crippen LogP contribution is -2.43. The Kier molecular flexibility index (Phi) is 4.37. The molecule has 5 heteroatoms. The molecule has 1 rings (SSSR count). The molecule has 0 saturated carbocycles. The summed E-state index contributed by atoms with van der Waals surface area (Å²) in [6, 6.07) is 0. The van der Waals surface area contributed by atoms with Crippen molar-refractivity contribution < 1.29 is 14.3 Å². The molecule has 1 fully saturated rings. The Morgan fingerprint density at radius 1 is 1.24 bits per heavy atom. The standard InChI is InChI=1S/C12H22N2O3/c1-12(2,3)17-11(16)14-8-5-7-13(4)10(15)6-9-14/h5-9H2,1-4H3. The smallest absolute Gasteiger partial charge is 0.410 e. The maximum atomic E-state index is 11.8. The first-order chi connectivity index (χ1) is 7.79. The molecule has 1 saturated heterocycles. The van der Waals surface area contributed by atoms with Crippen LogP contribution >= 0.6 is 0 Å². The van der Waals surface area contributed by atoms with E-state index in [9.17, 15) is 9.59 Å². The summed E-state index contributed by atoms with van der Waals surface area (Å²) in [5.74, 6) is 0.0817. The molecular formula is C12H22N2O3. The summed E-state index contributed by atoms with van der Waals surface area (Å²) >= 11 is 0. The predicted molar refractivity (Wildman–Crippen MR) is 64.7 cm³/mol. The molecule has 0 unspecified atom stereocenters. The quantitative estimate of drug-likeness (QED) is 0.646. The molecule has 1 aliphatic heterocycles. The van der Waals surface area contributed by atoms with Crippen LogP contribution in [0.25, 0.3) is 0 Å². The van der Waals surface area contributed by atoms with Crippen molar-refractivity contribution in [2.45, 2.75) is 39.2 Å². The molecule has 0 aromatic carbocycles. The normalized spacial score (nSPS) is 18.7. The van der Waals surface area contributed by atoms with Crippen molar-refractivity contribution in [3.8, 4) is 0 Å². The van der Waals surface area contributed by atoms with Crippen LogP contribution in [-0.2, 0) is 9.53 Å². The van der Waals surface area contributed by atoms with E-state index in [0.29, 0.717) is 26.1 Å². The molecular weight excluding hydrogens is 220 g/mol. The SMILES string of the molecule is CN1CCCN(C(=O)OC(C)(C)C)CCC1=O. The molecule has 0 atom stereocenters. The first-order valence-electron chi connectivity index (χ1n) is 6.01. The van der Waals surface area contributed by atoms with Gasteiger partial charge >= 0.3 is 6.09 Å². The van der Waals surface area contributed by atoms with E-state index in [1.165, 1.54) is 0 Å². The third-order valence-electron chi connectivity index (χ3n) is 2.59. The highest BCUT2D eigenvalue weighted by atomic mass is 16.6. The largest absolute Gasteiger partial charge is 0.444 e. The van der Waals surface area contributed by atoms with E-state index < -0.39 is 5.60 Å². The van der Waals surface area contributed by atoms with E-state index in [4.69, 9.17) is 4.74 Å². The van der Waals surface area contributed by atoms with Crippen molar-refractivity contribution in [1.82, 2.24) is 9.80 Å². The number of hydrogen-bond donors (Lipinski definition) is 0. The number of carbonyl (C=O) groups excluding carboxylic acids is 2. The zero-order valence-electron chi connectivity index (χ0n) is 11.2. The van der Waals surface area contributed by atoms with Gasteiger partial charge in [0, 0.05) is 33.1 Å². The molecule has 0 bridgehead atoms. The number of carbonyl (C=O) groups is 2. The van der Waals surface area contributed by atoms with Gasteiger partial charge in [-0.05, 0) is 27.2 Å². The van der Waals surface area contributed by atoms with Gasteiger partial charge in [-0.3, -0.25) is 4.79 Å². The van der Waals surface area contributed by atoms with E-state index >= 15 is 0 Å². The second-order valence-electron chi connectivity index (χ2n) is 5.39. The second-order valence-corrected chi connectivity index (χ2v) is 5.39. The monoisotopic (exact) mass is 242 g/mol. The fraction of sp³-hybridized carbons (Fsp3) is 0.833. The maximum Gasteiger partial charge on any atom is 0.410 e. The molecule has 0 aliphatic carbocycles. The lowest BCUT2D eigenvalue weighted by molar-refractivity contribution is -0.130. The minimum absolute atomic E-state index is 0.0817. The lowest BCUT2D eigenvalue weighted by Gasteiger charge is -2.30. The highest BCUT2D eigenvalue weighted by Gasteiger charge is 2.24. The molecule has 0 aromatic heterocycles. The van der Waals surface area contributed by atoms with E-state index in [1.807, 2.05) is 20.8 Å². The number of hydrogen-bond acceptors (Lipinski definition) is 3. The van der Waals surface area contributed by atoms with Crippen LogP contribution in [0.5, 0.6) is 0 Å². The Labute approximate surface area is 103 Å². The first-order valence-corrected chi connectivity index (χ1v) is 6.01. The lowest BCUT2D eigenvalue weighted by atomic mass is 10.2. The summed E-state index contributed by atoms with van der Waals surface area (Å²) < 4.78 is 5.30. The number of rotatable bonds is 0. The van der Waals surface area contributed by atoms with Crippen molar-refractivity contribution in [2.75, 3.05) is 26.7 Å². The third kappa shape index (κ3) is 4.63. The Balaban J connectivity index is 2.54. The van der Waals surface area contributed by atoms with Crippen molar-refractivity contribution in [3.63, 3.8) is 0 Å². The molecule has 0 radical (unpaired) electrons. The first kappa shape index (κ1) is 13.8. The summed E-state index contributed by atoms with van der Waals surface area (Å²) in [5, 5.41) is 0. The van der Waals surface area contributed by atoms with Crippen LogP contribution in [0.1, 0.15) is 33.6 Å². The molecule has 0 N–H and O–H groups in total. The van der Waals surface area contributed by atoms with E-state index in [1.54, 1.807) is 16.8 Å².